The highest BCUT2D eigenvalue weighted by Crippen LogP contribution is 2.54. The number of halogens is 2. The molecule has 0 unspecified atom stereocenters. The van der Waals surface area contributed by atoms with Gasteiger partial charge in [-0.1, -0.05) is 63.0 Å². The van der Waals surface area contributed by atoms with Crippen molar-refractivity contribution in [1.29, 1.82) is 0 Å². The van der Waals surface area contributed by atoms with Crippen LogP contribution in [0.1, 0.15) is 70.4 Å². The second-order valence-corrected chi connectivity index (χ2v) is 14.5. The van der Waals surface area contributed by atoms with Crippen LogP contribution in [-0.2, 0) is 19.1 Å². The van der Waals surface area contributed by atoms with Gasteiger partial charge in [-0.15, -0.1) is 0 Å². The van der Waals surface area contributed by atoms with Crippen LogP contribution in [0.2, 0.25) is 10.0 Å². The fraction of sp³-hybridized carbons (Fsp3) is 0.457. The van der Waals surface area contributed by atoms with Gasteiger partial charge >= 0.3 is 0 Å². The van der Waals surface area contributed by atoms with E-state index in [1.165, 1.54) is 0 Å². The third-order valence-electron chi connectivity index (χ3n) is 8.64. The summed E-state index contributed by atoms with van der Waals surface area (Å²) < 4.78 is 11.2. The highest BCUT2D eigenvalue weighted by atomic mass is 35.5. The number of amides is 1. The Bertz CT molecular complexity index is 1540. The minimum atomic E-state index is -0.521. The van der Waals surface area contributed by atoms with E-state index in [4.69, 9.17) is 32.7 Å². The Balaban J connectivity index is 1.48. The third-order valence-corrected chi connectivity index (χ3v) is 9.35. The number of carbonyl (C=O) groups excluding carboxylic acids is 3. The molecule has 1 amide bonds. The van der Waals surface area contributed by atoms with Crippen LogP contribution in [0, 0.1) is 17.8 Å². The van der Waals surface area contributed by atoms with E-state index in [0.29, 0.717) is 58.6 Å². The summed E-state index contributed by atoms with van der Waals surface area (Å²) in [5.41, 5.74) is 5.12. The molecule has 0 fully saturated rings. The van der Waals surface area contributed by atoms with Gasteiger partial charge in [0.15, 0.2) is 18.2 Å². The topological polar surface area (TPSA) is 84.9 Å². The molecular formula is C35H40Cl2N2O5. The van der Waals surface area contributed by atoms with Crippen molar-refractivity contribution in [2.75, 3.05) is 32.2 Å². The number of methoxy groups -OCH3 is 1. The zero-order chi connectivity index (χ0) is 32.0. The first-order valence-corrected chi connectivity index (χ1v) is 15.7. The SMILES string of the molecule is COCCN1C2=C(C(=O)CC(C)(C)C2)C(c2ccc(OCC(=O)Nc3ccc(C)c(Cl)c3)c(Cl)c2)C2=C1CC(C)(C)CC2=O. The lowest BCUT2D eigenvalue weighted by Crippen LogP contribution is -2.45. The maximum absolute atomic E-state index is 13.9. The Morgan fingerprint density at radius 3 is 2.07 bits per heavy atom. The summed E-state index contributed by atoms with van der Waals surface area (Å²) in [6.07, 6.45) is 2.24. The van der Waals surface area contributed by atoms with Gasteiger partial charge < -0.3 is 19.7 Å². The van der Waals surface area contributed by atoms with E-state index >= 15 is 0 Å². The van der Waals surface area contributed by atoms with E-state index in [1.54, 1.807) is 31.4 Å². The summed E-state index contributed by atoms with van der Waals surface area (Å²) in [4.78, 5) is 42.6. The van der Waals surface area contributed by atoms with Crippen LogP contribution in [-0.4, -0.2) is 49.2 Å². The third kappa shape index (κ3) is 6.60. The monoisotopic (exact) mass is 638 g/mol. The lowest BCUT2D eigenvalue weighted by molar-refractivity contribution is -0.120. The van der Waals surface area contributed by atoms with Crippen LogP contribution in [0.25, 0.3) is 0 Å². The first-order valence-electron chi connectivity index (χ1n) is 15.0. The first-order chi connectivity index (χ1) is 20.7. The molecule has 2 aromatic rings. The molecule has 234 valence electrons. The number of ketones is 2. The van der Waals surface area contributed by atoms with Crippen LogP contribution in [0.3, 0.4) is 0 Å². The Morgan fingerprint density at radius 1 is 0.909 bits per heavy atom. The summed E-state index contributed by atoms with van der Waals surface area (Å²) in [6, 6.07) is 10.6. The maximum atomic E-state index is 13.9. The minimum absolute atomic E-state index is 0.0529. The van der Waals surface area contributed by atoms with E-state index in [9.17, 15) is 14.4 Å². The van der Waals surface area contributed by atoms with Gasteiger partial charge in [0, 0.05) is 65.7 Å². The van der Waals surface area contributed by atoms with Crippen molar-refractivity contribution in [2.24, 2.45) is 10.8 Å². The van der Waals surface area contributed by atoms with Gasteiger partial charge in [-0.3, -0.25) is 14.4 Å². The molecule has 44 heavy (non-hydrogen) atoms. The van der Waals surface area contributed by atoms with Gasteiger partial charge in [0.2, 0.25) is 0 Å². The lowest BCUT2D eigenvalue weighted by Gasteiger charge is -2.49. The minimum Gasteiger partial charge on any atom is -0.482 e. The Morgan fingerprint density at radius 2 is 1.52 bits per heavy atom. The normalized spacial score (nSPS) is 19.6. The highest BCUT2D eigenvalue weighted by Gasteiger charge is 2.48. The number of rotatable bonds is 8. The van der Waals surface area contributed by atoms with Crippen molar-refractivity contribution in [1.82, 2.24) is 4.90 Å². The Hall–Kier alpha value is -3.13. The zero-order valence-electron chi connectivity index (χ0n) is 26.2. The van der Waals surface area contributed by atoms with E-state index < -0.39 is 5.92 Å². The second kappa shape index (κ2) is 12.3. The fourth-order valence-corrected chi connectivity index (χ4v) is 7.08. The van der Waals surface area contributed by atoms with Gasteiger partial charge in [-0.25, -0.2) is 0 Å². The Labute approximate surface area is 269 Å². The number of allylic oxidation sites excluding steroid dienone is 4. The van der Waals surface area contributed by atoms with Crippen LogP contribution >= 0.6 is 23.2 Å². The van der Waals surface area contributed by atoms with Gasteiger partial charge in [-0.2, -0.15) is 0 Å². The zero-order valence-corrected chi connectivity index (χ0v) is 27.7. The number of nitrogens with one attached hydrogen (secondary N) is 1. The molecule has 1 aliphatic heterocycles. The lowest BCUT2D eigenvalue weighted by atomic mass is 9.63. The molecule has 0 radical (unpaired) electrons. The molecule has 0 atom stereocenters. The number of ether oxygens (including phenoxy) is 2. The van der Waals surface area contributed by atoms with Crippen molar-refractivity contribution in [3.8, 4) is 5.75 Å². The van der Waals surface area contributed by atoms with E-state index in [2.05, 4.69) is 37.9 Å². The van der Waals surface area contributed by atoms with Crippen molar-refractivity contribution < 1.29 is 23.9 Å². The molecule has 0 bridgehead atoms. The number of nitrogens with zero attached hydrogens (tertiary/aromatic N) is 1. The molecule has 0 saturated heterocycles. The number of hydrogen-bond acceptors (Lipinski definition) is 6. The van der Waals surface area contributed by atoms with Crippen molar-refractivity contribution in [2.45, 2.75) is 66.2 Å². The van der Waals surface area contributed by atoms with E-state index in [-0.39, 0.29) is 34.9 Å². The highest BCUT2D eigenvalue weighted by molar-refractivity contribution is 6.32. The van der Waals surface area contributed by atoms with Crippen LogP contribution in [0.5, 0.6) is 5.75 Å². The standard InChI is InChI=1S/C35H40Cl2N2O5/c1-20-7-9-22(14-23(20)36)38-30(42)19-44-29-10-8-21(13-24(29)37)31-32-25(15-34(2,3)17-27(32)40)39(11-12-43-6)26-16-35(4,5)18-28(41)33(26)31/h7-10,13-14,31H,11-12,15-19H2,1-6H3,(H,38,42). The van der Waals surface area contributed by atoms with Gasteiger partial charge in [0.1, 0.15) is 5.75 Å². The summed E-state index contributed by atoms with van der Waals surface area (Å²) in [5, 5.41) is 3.63. The average molecular weight is 640 g/mol. The molecule has 7 nitrogen and oxygen atoms in total. The van der Waals surface area contributed by atoms with Crippen LogP contribution < -0.4 is 10.1 Å². The molecule has 5 rings (SSSR count). The van der Waals surface area contributed by atoms with E-state index in [0.717, 1.165) is 35.4 Å². The molecular weight excluding hydrogens is 599 g/mol. The molecule has 3 aliphatic rings. The first kappa shape index (κ1) is 32.3. The van der Waals surface area contributed by atoms with Gasteiger partial charge in [-0.05, 0) is 66.0 Å². The van der Waals surface area contributed by atoms with Crippen LogP contribution in [0.4, 0.5) is 5.69 Å². The molecule has 9 heteroatoms. The predicted octanol–water partition coefficient (Wildman–Crippen LogP) is 7.65. The van der Waals surface area contributed by atoms with Gasteiger partial charge in [0.25, 0.3) is 5.91 Å². The molecule has 2 aliphatic carbocycles. The number of hydrogen-bond donors (Lipinski definition) is 1. The van der Waals surface area contributed by atoms with Crippen molar-refractivity contribution in [3.63, 3.8) is 0 Å². The largest absolute Gasteiger partial charge is 0.482 e. The summed E-state index contributed by atoms with van der Waals surface area (Å²) in [6.45, 7) is 11.1. The van der Waals surface area contributed by atoms with E-state index in [1.807, 2.05) is 19.1 Å². The maximum Gasteiger partial charge on any atom is 0.262 e. The molecule has 2 aromatic carbocycles. The van der Waals surface area contributed by atoms with Gasteiger partial charge in [0.05, 0.1) is 11.6 Å². The fourth-order valence-electron chi connectivity index (χ4n) is 6.66. The summed E-state index contributed by atoms with van der Waals surface area (Å²) >= 11 is 12.9. The number of carbonyl (C=O) groups is 3. The molecule has 1 heterocycles. The molecule has 0 saturated carbocycles. The smallest absolute Gasteiger partial charge is 0.262 e. The Kier molecular flexibility index (Phi) is 9.05. The number of Topliss-reactive ketones (excluding diaryl/α,β-unsaturated/α-hetero) is 2. The summed E-state index contributed by atoms with van der Waals surface area (Å²) in [5.74, 6) is -0.439. The number of aryl methyl sites for hydroxylation is 1. The van der Waals surface area contributed by atoms with Crippen LogP contribution in [0.15, 0.2) is 58.9 Å². The average Bonchev–Trinajstić information content (AvgIpc) is 2.91. The van der Waals surface area contributed by atoms with Crippen molar-refractivity contribution in [3.05, 3.63) is 80.1 Å². The summed E-state index contributed by atoms with van der Waals surface area (Å²) in [7, 11) is 1.66. The number of benzene rings is 2. The quantitative estimate of drug-likeness (QED) is 0.320. The number of anilines is 1. The van der Waals surface area contributed by atoms with Crippen molar-refractivity contribution >= 4 is 46.4 Å². The predicted molar refractivity (Wildman–Crippen MR) is 173 cm³/mol. The molecule has 1 N–H and O–H groups in total. The molecule has 0 aromatic heterocycles. The second-order valence-electron chi connectivity index (χ2n) is 13.7. The molecule has 0 spiro atoms.